The molecule has 1 aliphatic heterocycles. The van der Waals surface area contributed by atoms with Gasteiger partial charge in [0.15, 0.2) is 5.82 Å². The summed E-state index contributed by atoms with van der Waals surface area (Å²) >= 11 is 0. The number of pyridine rings is 1. The monoisotopic (exact) mass is 372 g/mol. The van der Waals surface area contributed by atoms with Crippen LogP contribution in [-0.2, 0) is 9.47 Å². The lowest BCUT2D eigenvalue weighted by Crippen LogP contribution is -2.29. The van der Waals surface area contributed by atoms with E-state index in [-0.39, 0.29) is 24.8 Å². The van der Waals surface area contributed by atoms with Gasteiger partial charge in [0.2, 0.25) is 0 Å². The number of carbonyl (C=O) groups is 2. The highest BCUT2D eigenvalue weighted by molar-refractivity contribution is 5.97. The third-order valence-corrected chi connectivity index (χ3v) is 3.49. The summed E-state index contributed by atoms with van der Waals surface area (Å²) in [6.45, 7) is 3.85. The van der Waals surface area contributed by atoms with E-state index in [1.807, 2.05) is 30.3 Å². The van der Waals surface area contributed by atoms with Gasteiger partial charge in [0.25, 0.3) is 0 Å². The Kier molecular flexibility index (Phi) is 5.45. The lowest BCUT2D eigenvalue weighted by atomic mass is 10.3. The van der Waals surface area contributed by atoms with Crippen molar-refractivity contribution in [2.75, 3.05) is 39.8 Å². The van der Waals surface area contributed by atoms with Gasteiger partial charge in [-0.1, -0.05) is 18.2 Å². The minimum atomic E-state index is -0.652. The number of hydrazine groups is 2. The lowest BCUT2D eigenvalue weighted by molar-refractivity contribution is 0.167. The summed E-state index contributed by atoms with van der Waals surface area (Å²) in [6, 6.07) is 11.1. The van der Waals surface area contributed by atoms with Crippen LogP contribution in [0.1, 0.15) is 13.8 Å². The predicted molar refractivity (Wildman–Crippen MR) is 102 cm³/mol. The number of hydrogen-bond donors (Lipinski definition) is 4. The van der Waals surface area contributed by atoms with E-state index in [0.29, 0.717) is 11.4 Å². The minimum Gasteiger partial charge on any atom is -0.450 e. The first-order chi connectivity index (χ1) is 13.1. The number of nitrogens with zero attached hydrogens (tertiary/aromatic N) is 2. The zero-order valence-electron chi connectivity index (χ0n) is 14.9. The number of ether oxygens (including phenoxy) is 2. The van der Waals surface area contributed by atoms with Crippen molar-refractivity contribution >= 4 is 40.9 Å². The Balaban J connectivity index is 1.89. The lowest BCUT2D eigenvalue weighted by Gasteiger charge is -2.18. The van der Waals surface area contributed by atoms with E-state index in [0.717, 1.165) is 5.69 Å². The van der Waals surface area contributed by atoms with Crippen LogP contribution in [0, 0.1) is 0 Å². The molecule has 0 bridgehead atoms. The SMILES string of the molecule is CCOC(=O)Nc1cc2c(c(NC(=O)OCC)n1)NN(c1ccccc1)N2. The van der Waals surface area contributed by atoms with Gasteiger partial charge in [0, 0.05) is 6.07 Å². The molecule has 27 heavy (non-hydrogen) atoms. The Bertz CT molecular complexity index is 830. The number of benzene rings is 1. The Morgan fingerprint density at radius 2 is 1.70 bits per heavy atom. The minimum absolute atomic E-state index is 0.198. The summed E-state index contributed by atoms with van der Waals surface area (Å²) in [5.74, 6) is 0.409. The smallest absolute Gasteiger partial charge is 0.412 e. The standard InChI is InChI=1S/C17H20N6O4/c1-3-26-16(24)19-13-10-12-14(15(18-13)20-17(25)27-4-2)22-23(21-12)11-8-6-5-7-9-11/h5-10,21-22H,3-4H2,1-2H3,(H2,18,19,20,24,25). The molecule has 1 aromatic heterocycles. The van der Waals surface area contributed by atoms with Crippen LogP contribution in [0.4, 0.5) is 38.3 Å². The van der Waals surface area contributed by atoms with E-state index in [2.05, 4.69) is 26.5 Å². The van der Waals surface area contributed by atoms with Crippen LogP contribution in [0.5, 0.6) is 0 Å². The van der Waals surface area contributed by atoms with Crippen molar-refractivity contribution in [3.8, 4) is 0 Å². The number of rotatable bonds is 5. The molecule has 10 heteroatoms. The molecule has 2 amide bonds. The van der Waals surface area contributed by atoms with Gasteiger partial charge in [-0.15, -0.1) is 0 Å². The molecule has 0 saturated carbocycles. The van der Waals surface area contributed by atoms with Crippen LogP contribution >= 0.6 is 0 Å². The van der Waals surface area contributed by atoms with Crippen LogP contribution in [0.25, 0.3) is 0 Å². The Morgan fingerprint density at radius 1 is 1.04 bits per heavy atom. The summed E-state index contributed by atoms with van der Waals surface area (Å²) in [5.41, 5.74) is 8.23. The molecule has 4 N–H and O–H groups in total. The van der Waals surface area contributed by atoms with Crippen molar-refractivity contribution < 1.29 is 19.1 Å². The topological polar surface area (TPSA) is 117 Å². The number of nitrogens with one attached hydrogen (secondary N) is 4. The van der Waals surface area contributed by atoms with Crippen molar-refractivity contribution in [3.63, 3.8) is 0 Å². The van der Waals surface area contributed by atoms with Crippen molar-refractivity contribution in [2.24, 2.45) is 0 Å². The molecule has 2 aromatic rings. The number of fused-ring (bicyclic) bond motifs is 1. The molecule has 0 radical (unpaired) electrons. The zero-order chi connectivity index (χ0) is 19.2. The first-order valence-corrected chi connectivity index (χ1v) is 8.41. The third kappa shape index (κ3) is 4.29. The predicted octanol–water partition coefficient (Wildman–Crippen LogP) is 3.39. The summed E-state index contributed by atoms with van der Waals surface area (Å²) in [4.78, 5) is 27.8. The fraction of sp³-hybridized carbons (Fsp3) is 0.235. The quantitative estimate of drug-likeness (QED) is 0.631. The largest absolute Gasteiger partial charge is 0.450 e. The first kappa shape index (κ1) is 18.1. The molecule has 0 saturated heterocycles. The van der Waals surface area contributed by atoms with E-state index >= 15 is 0 Å². The molecule has 10 nitrogen and oxygen atoms in total. The van der Waals surface area contributed by atoms with Gasteiger partial charge < -0.3 is 9.47 Å². The van der Waals surface area contributed by atoms with Crippen molar-refractivity contribution in [1.29, 1.82) is 0 Å². The molecule has 1 aromatic carbocycles. The van der Waals surface area contributed by atoms with Crippen LogP contribution in [0.2, 0.25) is 0 Å². The summed E-state index contributed by atoms with van der Waals surface area (Å²) in [6.07, 6.45) is -1.29. The van der Waals surface area contributed by atoms with Gasteiger partial charge in [-0.05, 0) is 26.0 Å². The maximum absolute atomic E-state index is 11.9. The fourth-order valence-corrected chi connectivity index (χ4v) is 2.40. The first-order valence-electron chi connectivity index (χ1n) is 8.41. The summed E-state index contributed by atoms with van der Waals surface area (Å²) in [7, 11) is 0. The Labute approximate surface area is 155 Å². The van der Waals surface area contributed by atoms with E-state index in [1.165, 1.54) is 0 Å². The van der Waals surface area contributed by atoms with Gasteiger partial charge in [0.1, 0.15) is 11.5 Å². The molecule has 0 spiro atoms. The normalized spacial score (nSPS) is 11.7. The second-order valence-electron chi connectivity index (χ2n) is 5.36. The summed E-state index contributed by atoms with van der Waals surface area (Å²) in [5, 5.41) is 6.75. The Morgan fingerprint density at radius 3 is 2.37 bits per heavy atom. The van der Waals surface area contributed by atoms with E-state index < -0.39 is 12.2 Å². The highest BCUT2D eigenvalue weighted by atomic mass is 16.6. The number of hydrogen-bond acceptors (Lipinski definition) is 8. The van der Waals surface area contributed by atoms with Crippen LogP contribution in [-0.4, -0.2) is 30.4 Å². The van der Waals surface area contributed by atoms with Gasteiger partial charge >= 0.3 is 12.2 Å². The van der Waals surface area contributed by atoms with Crippen molar-refractivity contribution in [1.82, 2.24) is 4.98 Å². The maximum atomic E-state index is 11.9. The molecule has 3 rings (SSSR count). The van der Waals surface area contributed by atoms with Crippen molar-refractivity contribution in [2.45, 2.75) is 13.8 Å². The van der Waals surface area contributed by atoms with Gasteiger partial charge in [0.05, 0.1) is 24.6 Å². The fourth-order valence-electron chi connectivity index (χ4n) is 2.40. The molecule has 0 aliphatic carbocycles. The van der Waals surface area contributed by atoms with Gasteiger partial charge in [-0.2, -0.15) is 5.12 Å². The highest BCUT2D eigenvalue weighted by Crippen LogP contribution is 2.38. The number of anilines is 5. The third-order valence-electron chi connectivity index (χ3n) is 3.49. The number of para-hydroxylation sites is 1. The van der Waals surface area contributed by atoms with E-state index in [9.17, 15) is 9.59 Å². The zero-order valence-corrected chi connectivity index (χ0v) is 14.9. The molecule has 1 aliphatic rings. The van der Waals surface area contributed by atoms with Gasteiger partial charge in [-0.3, -0.25) is 21.5 Å². The summed E-state index contributed by atoms with van der Waals surface area (Å²) < 4.78 is 9.78. The molecule has 0 fully saturated rings. The molecule has 0 unspecified atom stereocenters. The van der Waals surface area contributed by atoms with E-state index in [1.54, 1.807) is 25.0 Å². The van der Waals surface area contributed by atoms with Crippen LogP contribution in [0.15, 0.2) is 36.4 Å². The van der Waals surface area contributed by atoms with E-state index in [4.69, 9.17) is 9.47 Å². The molecule has 142 valence electrons. The molecular formula is C17H20N6O4. The Hall–Kier alpha value is -3.69. The van der Waals surface area contributed by atoms with Gasteiger partial charge in [-0.25, -0.2) is 14.6 Å². The average Bonchev–Trinajstić information content (AvgIpc) is 3.07. The highest BCUT2D eigenvalue weighted by Gasteiger charge is 2.25. The molecule has 2 heterocycles. The van der Waals surface area contributed by atoms with Crippen LogP contribution in [0.3, 0.4) is 0 Å². The number of carbonyl (C=O) groups excluding carboxylic acids is 2. The van der Waals surface area contributed by atoms with Crippen molar-refractivity contribution in [3.05, 3.63) is 36.4 Å². The number of amides is 2. The average molecular weight is 372 g/mol. The number of aromatic nitrogens is 1. The molecular weight excluding hydrogens is 352 g/mol. The van der Waals surface area contributed by atoms with Crippen LogP contribution < -0.4 is 26.6 Å². The second kappa shape index (κ2) is 8.13. The second-order valence-corrected chi connectivity index (χ2v) is 5.36. The maximum Gasteiger partial charge on any atom is 0.412 e. The molecule has 0 atom stereocenters.